The summed E-state index contributed by atoms with van der Waals surface area (Å²) in [5.74, 6) is -0.0759. The Labute approximate surface area is 233 Å². The third-order valence-electron chi connectivity index (χ3n) is 6.72. The molecular weight excluding hydrogens is 534 g/mol. The van der Waals surface area contributed by atoms with E-state index in [9.17, 15) is 24.9 Å². The SMILES string of the molecule is C[Si](C)(C)CCOC(=O)NCCCc1cn([C@@H]2O[C@H](CO)[C@@H](O)[C@H]2O)c2ncnc(NC(=O)c3ccccc3)c12. The second-order valence-corrected chi connectivity index (χ2v) is 16.6. The monoisotopic (exact) mass is 571 g/mol. The number of nitrogens with one attached hydrogen (secondary N) is 2. The summed E-state index contributed by atoms with van der Waals surface area (Å²) in [6, 6.07) is 9.60. The van der Waals surface area contributed by atoms with Crippen molar-refractivity contribution in [2.45, 2.75) is 63.1 Å². The smallest absolute Gasteiger partial charge is 0.407 e. The van der Waals surface area contributed by atoms with Gasteiger partial charge in [0.1, 0.15) is 36.1 Å². The van der Waals surface area contributed by atoms with Crippen molar-refractivity contribution in [2.24, 2.45) is 0 Å². The van der Waals surface area contributed by atoms with Crippen molar-refractivity contribution in [1.82, 2.24) is 19.9 Å². The maximum Gasteiger partial charge on any atom is 0.407 e. The molecule has 12 nitrogen and oxygen atoms in total. The van der Waals surface area contributed by atoms with Gasteiger partial charge < -0.3 is 40.0 Å². The zero-order valence-electron chi connectivity index (χ0n) is 22.9. The quantitative estimate of drug-likeness (QED) is 0.171. The molecule has 0 radical (unpaired) electrons. The number of carbonyl (C=O) groups is 2. The second kappa shape index (κ2) is 12.9. The number of ether oxygens (including phenoxy) is 2. The van der Waals surface area contributed by atoms with Gasteiger partial charge in [0.2, 0.25) is 0 Å². The third kappa shape index (κ3) is 7.03. The molecular formula is C27H37N5O7Si. The third-order valence-corrected chi connectivity index (χ3v) is 8.43. The minimum absolute atomic E-state index is 0.276. The molecule has 5 N–H and O–H groups in total. The molecule has 216 valence electrons. The van der Waals surface area contributed by atoms with Gasteiger partial charge in [-0.25, -0.2) is 14.8 Å². The van der Waals surface area contributed by atoms with Crippen LogP contribution in [0.3, 0.4) is 0 Å². The van der Waals surface area contributed by atoms with E-state index in [1.165, 1.54) is 6.33 Å². The van der Waals surface area contributed by atoms with Gasteiger partial charge in [0.15, 0.2) is 6.23 Å². The Hall–Kier alpha value is -3.36. The summed E-state index contributed by atoms with van der Waals surface area (Å²) in [5.41, 5.74) is 1.57. The average molecular weight is 572 g/mol. The molecule has 2 aromatic heterocycles. The maximum atomic E-state index is 12.9. The van der Waals surface area contributed by atoms with E-state index in [0.717, 1.165) is 11.6 Å². The van der Waals surface area contributed by atoms with Crippen LogP contribution in [-0.2, 0) is 15.9 Å². The van der Waals surface area contributed by atoms with Crippen molar-refractivity contribution < 1.29 is 34.4 Å². The number of anilines is 1. The van der Waals surface area contributed by atoms with E-state index < -0.39 is 45.3 Å². The molecule has 4 rings (SSSR count). The highest BCUT2D eigenvalue weighted by Crippen LogP contribution is 2.35. The van der Waals surface area contributed by atoms with Crippen molar-refractivity contribution in [1.29, 1.82) is 0 Å². The maximum absolute atomic E-state index is 12.9. The minimum Gasteiger partial charge on any atom is -0.450 e. The zero-order chi connectivity index (χ0) is 28.9. The Kier molecular flexibility index (Phi) is 9.53. The molecule has 0 bridgehead atoms. The number of carbonyl (C=O) groups excluding carboxylic acids is 2. The lowest BCUT2D eigenvalue weighted by molar-refractivity contribution is -0.0509. The summed E-state index contributed by atoms with van der Waals surface area (Å²) in [4.78, 5) is 33.7. The number of aryl methyl sites for hydroxylation is 1. The summed E-state index contributed by atoms with van der Waals surface area (Å²) in [6.45, 7) is 6.92. The molecule has 1 aliphatic heterocycles. The lowest BCUT2D eigenvalue weighted by Crippen LogP contribution is -2.33. The number of aromatic nitrogens is 3. The van der Waals surface area contributed by atoms with E-state index in [-0.39, 0.29) is 11.7 Å². The van der Waals surface area contributed by atoms with Crippen LogP contribution in [-0.4, -0.2) is 88.0 Å². The molecule has 13 heteroatoms. The minimum atomic E-state index is -1.31. The fraction of sp³-hybridized carbons (Fsp3) is 0.481. The number of rotatable bonds is 11. The first-order chi connectivity index (χ1) is 19.1. The first-order valence-electron chi connectivity index (χ1n) is 13.3. The van der Waals surface area contributed by atoms with Crippen LogP contribution in [0.2, 0.25) is 25.7 Å². The molecule has 3 aromatic rings. The Bertz CT molecular complexity index is 1310. The Morgan fingerprint density at radius 2 is 1.88 bits per heavy atom. The topological polar surface area (TPSA) is 168 Å². The highest BCUT2D eigenvalue weighted by Gasteiger charge is 2.44. The van der Waals surface area contributed by atoms with Gasteiger partial charge in [-0.3, -0.25) is 4.79 Å². The lowest BCUT2D eigenvalue weighted by atomic mass is 10.1. The van der Waals surface area contributed by atoms with Crippen molar-refractivity contribution >= 4 is 36.9 Å². The fourth-order valence-corrected chi connectivity index (χ4v) is 5.20. The van der Waals surface area contributed by atoms with Crippen LogP contribution in [0.15, 0.2) is 42.9 Å². The van der Waals surface area contributed by atoms with Crippen LogP contribution in [0.1, 0.15) is 28.6 Å². The van der Waals surface area contributed by atoms with Gasteiger partial charge in [0.05, 0.1) is 18.6 Å². The van der Waals surface area contributed by atoms with Crippen LogP contribution in [0.5, 0.6) is 0 Å². The molecule has 4 atom stereocenters. The van der Waals surface area contributed by atoms with E-state index in [1.54, 1.807) is 35.0 Å². The van der Waals surface area contributed by atoms with E-state index in [2.05, 4.69) is 40.2 Å². The summed E-state index contributed by atoms with van der Waals surface area (Å²) < 4.78 is 12.6. The Morgan fingerprint density at radius 1 is 1.12 bits per heavy atom. The van der Waals surface area contributed by atoms with E-state index in [4.69, 9.17) is 9.47 Å². The van der Waals surface area contributed by atoms with E-state index in [0.29, 0.717) is 42.6 Å². The number of fused-ring (bicyclic) bond motifs is 1. The highest BCUT2D eigenvalue weighted by molar-refractivity contribution is 6.76. The molecule has 1 aliphatic rings. The zero-order valence-corrected chi connectivity index (χ0v) is 23.9. The van der Waals surface area contributed by atoms with E-state index >= 15 is 0 Å². The van der Waals surface area contributed by atoms with Crippen LogP contribution in [0, 0.1) is 0 Å². The van der Waals surface area contributed by atoms with Crippen molar-refractivity contribution in [3.63, 3.8) is 0 Å². The molecule has 1 fully saturated rings. The van der Waals surface area contributed by atoms with Gasteiger partial charge in [-0.2, -0.15) is 0 Å². The lowest BCUT2D eigenvalue weighted by Gasteiger charge is -2.17. The number of hydrogen-bond acceptors (Lipinski definition) is 9. The first-order valence-corrected chi connectivity index (χ1v) is 17.0. The molecule has 0 aliphatic carbocycles. The number of benzene rings is 1. The summed E-state index contributed by atoms with van der Waals surface area (Å²) in [5, 5.41) is 36.7. The second-order valence-electron chi connectivity index (χ2n) is 11.0. The van der Waals surface area contributed by atoms with Gasteiger partial charge in [0.25, 0.3) is 5.91 Å². The number of aliphatic hydroxyl groups is 3. The number of hydrogen-bond donors (Lipinski definition) is 5. The first kappa shape index (κ1) is 29.6. The van der Waals surface area contributed by atoms with Crippen molar-refractivity contribution in [3.05, 3.63) is 54.0 Å². The van der Waals surface area contributed by atoms with Gasteiger partial charge >= 0.3 is 6.09 Å². The van der Waals surface area contributed by atoms with Crippen LogP contribution >= 0.6 is 0 Å². The molecule has 40 heavy (non-hydrogen) atoms. The molecule has 0 saturated carbocycles. The number of aliphatic hydroxyl groups excluding tert-OH is 3. The van der Waals surface area contributed by atoms with Crippen molar-refractivity contribution in [3.8, 4) is 0 Å². The molecule has 1 aromatic carbocycles. The average Bonchev–Trinajstić information content (AvgIpc) is 3.43. The largest absolute Gasteiger partial charge is 0.450 e. The fourth-order valence-electron chi connectivity index (χ4n) is 4.49. The van der Waals surface area contributed by atoms with Crippen LogP contribution < -0.4 is 10.6 Å². The number of alkyl carbamates (subject to hydrolysis) is 1. The van der Waals surface area contributed by atoms with Gasteiger partial charge in [-0.05, 0) is 36.6 Å². The normalized spacial score (nSPS) is 20.9. The van der Waals surface area contributed by atoms with Gasteiger partial charge in [-0.15, -0.1) is 0 Å². The Morgan fingerprint density at radius 3 is 2.55 bits per heavy atom. The molecule has 3 heterocycles. The molecule has 2 amide bonds. The standard InChI is InChI=1S/C27H37N5O7Si/c1-40(2,3)13-12-38-27(37)28-11-7-10-18-14-32(26-22(35)21(34)19(15-33)39-26)24-20(18)23(29-16-30-24)31-25(36)17-8-5-4-6-9-17/h4-6,8-9,14,16,19,21-22,26,33-35H,7,10-13,15H2,1-3H3,(H,28,37)(H,29,30,31,36)/t19-,21-,22-,26-/m1/s1. The van der Waals surface area contributed by atoms with Crippen LogP contribution in [0.25, 0.3) is 11.0 Å². The molecule has 1 saturated heterocycles. The highest BCUT2D eigenvalue weighted by atomic mass is 28.3. The Balaban J connectivity index is 1.55. The van der Waals surface area contributed by atoms with E-state index in [1.807, 2.05) is 6.07 Å². The number of amides is 2. The number of nitrogens with zero attached hydrogens (tertiary/aromatic N) is 3. The van der Waals surface area contributed by atoms with Crippen molar-refractivity contribution in [2.75, 3.05) is 25.1 Å². The molecule has 0 spiro atoms. The summed E-state index contributed by atoms with van der Waals surface area (Å²) in [7, 11) is -1.30. The summed E-state index contributed by atoms with van der Waals surface area (Å²) in [6.07, 6.45) is -1.02. The van der Waals surface area contributed by atoms with Crippen LogP contribution in [0.4, 0.5) is 10.6 Å². The summed E-state index contributed by atoms with van der Waals surface area (Å²) >= 11 is 0. The van der Waals surface area contributed by atoms with Gasteiger partial charge in [-0.1, -0.05) is 37.8 Å². The predicted molar refractivity (Wildman–Crippen MR) is 151 cm³/mol. The van der Waals surface area contributed by atoms with Gasteiger partial charge in [0, 0.05) is 26.4 Å². The predicted octanol–water partition coefficient (Wildman–Crippen LogP) is 2.29. The molecule has 0 unspecified atom stereocenters.